The second kappa shape index (κ2) is 6.96. The second-order valence-electron chi connectivity index (χ2n) is 4.66. The summed E-state index contributed by atoms with van der Waals surface area (Å²) in [5, 5.41) is 7.89. The molecule has 0 fully saturated rings. The van der Waals surface area contributed by atoms with E-state index in [-0.39, 0.29) is 5.91 Å². The molecular weight excluding hydrogens is 311 g/mol. The Morgan fingerprint density at radius 1 is 1.38 bits per heavy atom. The van der Waals surface area contributed by atoms with Crippen molar-refractivity contribution in [2.45, 2.75) is 26.7 Å². The summed E-state index contributed by atoms with van der Waals surface area (Å²) in [6.45, 7) is 4.16. The molecule has 6 heteroatoms. The van der Waals surface area contributed by atoms with Gasteiger partial charge in [-0.25, -0.2) is 0 Å². The van der Waals surface area contributed by atoms with E-state index in [1.165, 1.54) is 0 Å². The molecule has 2 rings (SSSR count). The highest BCUT2D eigenvalue weighted by Gasteiger charge is 2.18. The maximum absolute atomic E-state index is 12.2. The third-order valence-corrected chi connectivity index (χ3v) is 3.76. The first kappa shape index (κ1) is 15.9. The summed E-state index contributed by atoms with van der Waals surface area (Å²) >= 11 is 11.9. The maximum atomic E-state index is 12.2. The molecule has 112 valence electrons. The van der Waals surface area contributed by atoms with Crippen molar-refractivity contribution >= 4 is 29.1 Å². The number of carbonyl (C=O) groups is 1. The van der Waals surface area contributed by atoms with Crippen LogP contribution in [-0.2, 0) is 12.8 Å². The van der Waals surface area contributed by atoms with Gasteiger partial charge < -0.3 is 9.84 Å². The van der Waals surface area contributed by atoms with Crippen LogP contribution in [-0.4, -0.2) is 17.6 Å². The number of hydrogen-bond acceptors (Lipinski definition) is 3. The normalized spacial score (nSPS) is 10.7. The fourth-order valence-electron chi connectivity index (χ4n) is 2.07. The Morgan fingerprint density at radius 3 is 2.81 bits per heavy atom. The second-order valence-corrected chi connectivity index (χ2v) is 5.50. The van der Waals surface area contributed by atoms with Crippen LogP contribution in [0.2, 0.25) is 10.0 Å². The SMILES string of the molecule is CCc1onc(C)c1C(=O)NCCc1ccc(Cl)cc1Cl. The predicted octanol–water partition coefficient (Wildman–Crippen LogP) is 3.82. The van der Waals surface area contributed by atoms with Crippen LogP contribution in [0, 0.1) is 6.92 Å². The molecule has 0 aliphatic carbocycles. The van der Waals surface area contributed by atoms with Gasteiger partial charge in [-0.15, -0.1) is 0 Å². The Balaban J connectivity index is 1.97. The molecule has 1 aromatic carbocycles. The van der Waals surface area contributed by atoms with Crippen LogP contribution in [0.4, 0.5) is 0 Å². The summed E-state index contributed by atoms with van der Waals surface area (Å²) in [6.07, 6.45) is 1.26. The van der Waals surface area contributed by atoms with Crippen LogP contribution >= 0.6 is 23.2 Å². The van der Waals surface area contributed by atoms with Crippen molar-refractivity contribution in [3.63, 3.8) is 0 Å². The first-order chi connectivity index (χ1) is 10.0. The molecule has 0 unspecified atom stereocenters. The van der Waals surface area contributed by atoms with Crippen LogP contribution < -0.4 is 5.32 Å². The van der Waals surface area contributed by atoms with Gasteiger partial charge in [0, 0.05) is 23.0 Å². The Hall–Kier alpha value is -1.52. The van der Waals surface area contributed by atoms with Gasteiger partial charge in [0.1, 0.15) is 11.3 Å². The molecule has 0 aliphatic heterocycles. The lowest BCUT2D eigenvalue weighted by Crippen LogP contribution is -2.26. The zero-order chi connectivity index (χ0) is 15.4. The number of aryl methyl sites for hydroxylation is 2. The van der Waals surface area contributed by atoms with Gasteiger partial charge in [0.2, 0.25) is 0 Å². The molecule has 0 radical (unpaired) electrons. The molecule has 0 spiro atoms. The van der Waals surface area contributed by atoms with Crippen LogP contribution in [0.15, 0.2) is 22.7 Å². The largest absolute Gasteiger partial charge is 0.360 e. The van der Waals surface area contributed by atoms with E-state index >= 15 is 0 Å². The number of halogens is 2. The van der Waals surface area contributed by atoms with Gasteiger partial charge in [0.15, 0.2) is 0 Å². The highest BCUT2D eigenvalue weighted by molar-refractivity contribution is 6.35. The first-order valence-electron chi connectivity index (χ1n) is 6.70. The number of rotatable bonds is 5. The highest BCUT2D eigenvalue weighted by Crippen LogP contribution is 2.21. The number of nitrogens with one attached hydrogen (secondary N) is 1. The fourth-order valence-corrected chi connectivity index (χ4v) is 2.58. The molecule has 1 heterocycles. The van der Waals surface area contributed by atoms with Gasteiger partial charge in [-0.3, -0.25) is 4.79 Å². The van der Waals surface area contributed by atoms with Crippen molar-refractivity contribution in [1.82, 2.24) is 10.5 Å². The van der Waals surface area contributed by atoms with E-state index < -0.39 is 0 Å². The first-order valence-corrected chi connectivity index (χ1v) is 7.45. The smallest absolute Gasteiger partial charge is 0.256 e. The van der Waals surface area contributed by atoms with Gasteiger partial charge in [-0.1, -0.05) is 41.3 Å². The number of benzene rings is 1. The summed E-state index contributed by atoms with van der Waals surface area (Å²) in [7, 11) is 0. The quantitative estimate of drug-likeness (QED) is 0.908. The number of nitrogens with zero attached hydrogens (tertiary/aromatic N) is 1. The highest BCUT2D eigenvalue weighted by atomic mass is 35.5. The molecular formula is C15H16Cl2N2O2. The van der Waals surface area contributed by atoms with E-state index in [1.54, 1.807) is 19.1 Å². The Morgan fingerprint density at radius 2 is 2.14 bits per heavy atom. The number of carbonyl (C=O) groups excluding carboxylic acids is 1. The molecule has 4 nitrogen and oxygen atoms in total. The van der Waals surface area contributed by atoms with Crippen molar-refractivity contribution in [2.75, 3.05) is 6.54 Å². The van der Waals surface area contributed by atoms with Crippen molar-refractivity contribution in [1.29, 1.82) is 0 Å². The number of amides is 1. The lowest BCUT2D eigenvalue weighted by molar-refractivity contribution is 0.0951. The molecule has 0 bridgehead atoms. The Kier molecular flexibility index (Phi) is 5.26. The van der Waals surface area contributed by atoms with Crippen LogP contribution in [0.25, 0.3) is 0 Å². The van der Waals surface area contributed by atoms with Crippen molar-refractivity contribution < 1.29 is 9.32 Å². The minimum Gasteiger partial charge on any atom is -0.360 e. The average Bonchev–Trinajstić information content (AvgIpc) is 2.82. The third-order valence-electron chi connectivity index (χ3n) is 3.18. The molecule has 2 aromatic rings. The van der Waals surface area contributed by atoms with Gasteiger partial charge in [-0.05, 0) is 31.0 Å². The molecule has 0 aliphatic rings. The fraction of sp³-hybridized carbons (Fsp3) is 0.333. The molecule has 0 atom stereocenters. The van der Waals surface area contributed by atoms with E-state index in [2.05, 4.69) is 10.5 Å². The predicted molar refractivity (Wildman–Crippen MR) is 83.1 cm³/mol. The van der Waals surface area contributed by atoms with E-state index in [0.29, 0.717) is 46.4 Å². The summed E-state index contributed by atoms with van der Waals surface area (Å²) in [6, 6.07) is 5.34. The monoisotopic (exact) mass is 326 g/mol. The van der Waals surface area contributed by atoms with Gasteiger partial charge >= 0.3 is 0 Å². The van der Waals surface area contributed by atoms with Gasteiger partial charge in [-0.2, -0.15) is 0 Å². The summed E-state index contributed by atoms with van der Waals surface area (Å²) in [5.41, 5.74) is 2.08. The van der Waals surface area contributed by atoms with Crippen molar-refractivity contribution in [3.05, 3.63) is 50.8 Å². The topological polar surface area (TPSA) is 55.1 Å². The summed E-state index contributed by atoms with van der Waals surface area (Å²) in [4.78, 5) is 12.2. The van der Waals surface area contributed by atoms with E-state index in [1.807, 2.05) is 13.0 Å². The minimum absolute atomic E-state index is 0.171. The van der Waals surface area contributed by atoms with Gasteiger partial charge in [0.05, 0.1) is 5.69 Å². The van der Waals surface area contributed by atoms with Crippen molar-refractivity contribution in [3.8, 4) is 0 Å². The molecule has 1 amide bonds. The van der Waals surface area contributed by atoms with Crippen LogP contribution in [0.3, 0.4) is 0 Å². The Bertz CT molecular complexity index is 653. The summed E-state index contributed by atoms with van der Waals surface area (Å²) in [5.74, 6) is 0.435. The zero-order valence-electron chi connectivity index (χ0n) is 11.9. The molecule has 0 saturated carbocycles. The standard InChI is InChI=1S/C15H16Cl2N2O2/c1-3-13-14(9(2)19-21-13)15(20)18-7-6-10-4-5-11(16)8-12(10)17/h4-5,8H,3,6-7H2,1-2H3,(H,18,20). The van der Waals surface area contributed by atoms with Crippen LogP contribution in [0.5, 0.6) is 0 Å². The molecule has 0 saturated heterocycles. The lowest BCUT2D eigenvalue weighted by atomic mass is 10.1. The minimum atomic E-state index is -0.171. The average molecular weight is 327 g/mol. The lowest BCUT2D eigenvalue weighted by Gasteiger charge is -2.07. The van der Waals surface area contributed by atoms with E-state index in [0.717, 1.165) is 5.56 Å². The molecule has 1 aromatic heterocycles. The summed E-state index contributed by atoms with van der Waals surface area (Å²) < 4.78 is 5.12. The van der Waals surface area contributed by atoms with E-state index in [9.17, 15) is 4.79 Å². The number of aromatic nitrogens is 1. The van der Waals surface area contributed by atoms with Gasteiger partial charge in [0.25, 0.3) is 5.91 Å². The zero-order valence-corrected chi connectivity index (χ0v) is 13.4. The van der Waals surface area contributed by atoms with Crippen molar-refractivity contribution in [2.24, 2.45) is 0 Å². The van der Waals surface area contributed by atoms with Crippen LogP contribution in [0.1, 0.15) is 34.3 Å². The van der Waals surface area contributed by atoms with E-state index in [4.69, 9.17) is 27.7 Å². The molecule has 21 heavy (non-hydrogen) atoms. The Labute approximate surface area is 133 Å². The third kappa shape index (κ3) is 3.77. The number of hydrogen-bond donors (Lipinski definition) is 1. The maximum Gasteiger partial charge on any atom is 0.256 e. The molecule has 1 N–H and O–H groups in total.